The molecule has 2 aromatic rings. The Kier molecular flexibility index (Phi) is 4.46. The van der Waals surface area contributed by atoms with Crippen LogP contribution >= 0.6 is 0 Å². The first kappa shape index (κ1) is 12.8. The van der Waals surface area contributed by atoms with Crippen molar-refractivity contribution in [3.8, 4) is 0 Å². The zero-order chi connectivity index (χ0) is 12.8. The number of H-pyrrole nitrogens is 1. The molecule has 6 nitrogen and oxygen atoms in total. The molecule has 0 unspecified atom stereocenters. The van der Waals surface area contributed by atoms with Gasteiger partial charge in [-0.2, -0.15) is 0 Å². The molecular formula is C12H19N5O. The Balaban J connectivity index is 1.75. The number of rotatable bonds is 7. The number of ether oxygens (including phenoxy) is 1. The molecule has 0 aliphatic heterocycles. The Morgan fingerprint density at radius 2 is 2.17 bits per heavy atom. The molecule has 18 heavy (non-hydrogen) atoms. The van der Waals surface area contributed by atoms with Crippen LogP contribution in [0.25, 0.3) is 11.2 Å². The van der Waals surface area contributed by atoms with Gasteiger partial charge in [0, 0.05) is 13.2 Å². The van der Waals surface area contributed by atoms with Gasteiger partial charge >= 0.3 is 0 Å². The molecule has 2 N–H and O–H groups in total. The van der Waals surface area contributed by atoms with Gasteiger partial charge in [0.2, 0.25) is 0 Å². The quantitative estimate of drug-likeness (QED) is 0.734. The number of hydrogen-bond donors (Lipinski definition) is 2. The monoisotopic (exact) mass is 249 g/mol. The van der Waals surface area contributed by atoms with Crippen LogP contribution in [0.2, 0.25) is 0 Å². The van der Waals surface area contributed by atoms with Gasteiger partial charge in [-0.25, -0.2) is 15.0 Å². The number of aromatic amines is 1. The lowest BCUT2D eigenvalue weighted by Crippen LogP contribution is -2.08. The van der Waals surface area contributed by atoms with Gasteiger partial charge in [-0.3, -0.25) is 0 Å². The second-order valence-electron chi connectivity index (χ2n) is 4.38. The number of nitrogens with zero attached hydrogens (tertiary/aromatic N) is 3. The fraction of sp³-hybridized carbons (Fsp3) is 0.583. The minimum atomic E-state index is 0.310. The normalized spacial score (nSPS) is 11.3. The summed E-state index contributed by atoms with van der Waals surface area (Å²) in [7, 11) is 0. The highest BCUT2D eigenvalue weighted by Gasteiger charge is 2.04. The molecule has 6 heteroatoms. The van der Waals surface area contributed by atoms with Crippen molar-refractivity contribution in [2.45, 2.75) is 32.8 Å². The molecule has 0 spiro atoms. The van der Waals surface area contributed by atoms with Crippen LogP contribution in [-0.2, 0) is 4.74 Å². The first-order valence-corrected chi connectivity index (χ1v) is 6.27. The molecule has 2 aromatic heterocycles. The van der Waals surface area contributed by atoms with Crippen molar-refractivity contribution < 1.29 is 4.74 Å². The average Bonchev–Trinajstić information content (AvgIpc) is 2.82. The van der Waals surface area contributed by atoms with Gasteiger partial charge < -0.3 is 15.0 Å². The Hall–Kier alpha value is -1.69. The van der Waals surface area contributed by atoms with Crippen molar-refractivity contribution in [2.75, 3.05) is 18.5 Å². The molecule has 98 valence electrons. The molecule has 0 aliphatic rings. The second kappa shape index (κ2) is 6.30. The van der Waals surface area contributed by atoms with Gasteiger partial charge in [0.1, 0.15) is 11.8 Å². The summed E-state index contributed by atoms with van der Waals surface area (Å²) in [6, 6.07) is 0. The molecule has 0 radical (unpaired) electrons. The summed E-state index contributed by atoms with van der Waals surface area (Å²) in [5, 5.41) is 3.28. The molecule has 0 aromatic carbocycles. The van der Waals surface area contributed by atoms with E-state index in [4.69, 9.17) is 4.74 Å². The fourth-order valence-electron chi connectivity index (χ4n) is 1.65. The van der Waals surface area contributed by atoms with Gasteiger partial charge in [0.15, 0.2) is 11.5 Å². The second-order valence-corrected chi connectivity index (χ2v) is 4.38. The molecule has 0 saturated carbocycles. The SMILES string of the molecule is CC(C)OCCCCNc1ncnc2nc[nH]c12. The van der Waals surface area contributed by atoms with Crippen molar-refractivity contribution in [3.63, 3.8) is 0 Å². The lowest BCUT2D eigenvalue weighted by atomic mass is 10.3. The van der Waals surface area contributed by atoms with Crippen LogP contribution in [0.1, 0.15) is 26.7 Å². The maximum Gasteiger partial charge on any atom is 0.182 e. The molecule has 2 rings (SSSR count). The van der Waals surface area contributed by atoms with Crippen LogP contribution in [-0.4, -0.2) is 39.2 Å². The van der Waals surface area contributed by atoms with Gasteiger partial charge in [0.25, 0.3) is 0 Å². The highest BCUT2D eigenvalue weighted by Crippen LogP contribution is 2.14. The predicted octanol–water partition coefficient (Wildman–Crippen LogP) is 1.97. The van der Waals surface area contributed by atoms with Crippen molar-refractivity contribution in [3.05, 3.63) is 12.7 Å². The van der Waals surface area contributed by atoms with Crippen molar-refractivity contribution in [1.29, 1.82) is 0 Å². The van der Waals surface area contributed by atoms with Crippen LogP contribution in [0, 0.1) is 0 Å². The van der Waals surface area contributed by atoms with Crippen LogP contribution in [0.5, 0.6) is 0 Å². The summed E-state index contributed by atoms with van der Waals surface area (Å²) in [4.78, 5) is 15.4. The highest BCUT2D eigenvalue weighted by molar-refractivity contribution is 5.81. The number of fused-ring (bicyclic) bond motifs is 1. The number of unbranched alkanes of at least 4 members (excludes halogenated alkanes) is 1. The standard InChI is InChI=1S/C12H19N5O/c1-9(2)18-6-4-3-5-13-11-10-12(15-7-14-10)17-8-16-11/h7-9H,3-6H2,1-2H3,(H2,13,14,15,16,17). The molecule has 0 fully saturated rings. The Labute approximate surface area is 106 Å². The third-order valence-electron chi connectivity index (χ3n) is 2.54. The lowest BCUT2D eigenvalue weighted by molar-refractivity contribution is 0.0765. The molecular weight excluding hydrogens is 230 g/mol. The third-order valence-corrected chi connectivity index (χ3v) is 2.54. The molecule has 0 saturated heterocycles. The number of hydrogen-bond acceptors (Lipinski definition) is 5. The minimum Gasteiger partial charge on any atom is -0.379 e. The Morgan fingerprint density at radius 1 is 1.28 bits per heavy atom. The van der Waals surface area contributed by atoms with E-state index in [0.29, 0.717) is 11.8 Å². The van der Waals surface area contributed by atoms with E-state index >= 15 is 0 Å². The van der Waals surface area contributed by atoms with E-state index in [1.165, 1.54) is 6.33 Å². The third kappa shape index (κ3) is 3.40. The summed E-state index contributed by atoms with van der Waals surface area (Å²) in [5.74, 6) is 0.808. The van der Waals surface area contributed by atoms with Gasteiger partial charge in [0.05, 0.1) is 12.4 Å². The molecule has 0 bridgehead atoms. The summed E-state index contributed by atoms with van der Waals surface area (Å²) >= 11 is 0. The Bertz CT molecular complexity index is 482. The number of anilines is 1. The van der Waals surface area contributed by atoms with E-state index in [9.17, 15) is 0 Å². The number of aromatic nitrogens is 4. The molecule has 0 amide bonds. The van der Waals surface area contributed by atoms with E-state index in [2.05, 4.69) is 25.3 Å². The molecule has 0 atom stereocenters. The summed E-state index contributed by atoms with van der Waals surface area (Å²) in [5.41, 5.74) is 1.55. The molecule has 2 heterocycles. The first-order chi connectivity index (χ1) is 8.77. The van der Waals surface area contributed by atoms with Crippen LogP contribution in [0.15, 0.2) is 12.7 Å². The van der Waals surface area contributed by atoms with E-state index in [1.807, 2.05) is 13.8 Å². The van der Waals surface area contributed by atoms with E-state index < -0.39 is 0 Å². The summed E-state index contributed by atoms with van der Waals surface area (Å²) < 4.78 is 5.48. The first-order valence-electron chi connectivity index (χ1n) is 6.27. The number of nitrogens with one attached hydrogen (secondary N) is 2. The van der Waals surface area contributed by atoms with E-state index in [0.717, 1.165) is 37.3 Å². The van der Waals surface area contributed by atoms with Crippen molar-refractivity contribution >= 4 is 17.0 Å². The van der Waals surface area contributed by atoms with Crippen molar-refractivity contribution in [1.82, 2.24) is 19.9 Å². The largest absolute Gasteiger partial charge is 0.379 e. The fourth-order valence-corrected chi connectivity index (χ4v) is 1.65. The van der Waals surface area contributed by atoms with E-state index in [-0.39, 0.29) is 0 Å². The average molecular weight is 249 g/mol. The maximum absolute atomic E-state index is 5.48. The zero-order valence-corrected chi connectivity index (χ0v) is 10.8. The predicted molar refractivity (Wildman–Crippen MR) is 70.5 cm³/mol. The van der Waals surface area contributed by atoms with Gasteiger partial charge in [-0.1, -0.05) is 0 Å². The minimum absolute atomic E-state index is 0.310. The maximum atomic E-state index is 5.48. The summed E-state index contributed by atoms with van der Waals surface area (Å²) in [6.45, 7) is 5.78. The zero-order valence-electron chi connectivity index (χ0n) is 10.8. The lowest BCUT2D eigenvalue weighted by Gasteiger charge is -2.08. The van der Waals surface area contributed by atoms with Crippen molar-refractivity contribution in [2.24, 2.45) is 0 Å². The summed E-state index contributed by atoms with van der Waals surface area (Å²) in [6.07, 6.45) is 5.55. The van der Waals surface area contributed by atoms with Crippen LogP contribution in [0.3, 0.4) is 0 Å². The topological polar surface area (TPSA) is 75.7 Å². The van der Waals surface area contributed by atoms with Crippen LogP contribution < -0.4 is 5.32 Å². The van der Waals surface area contributed by atoms with Gasteiger partial charge in [-0.05, 0) is 26.7 Å². The highest BCUT2D eigenvalue weighted by atomic mass is 16.5. The van der Waals surface area contributed by atoms with Gasteiger partial charge in [-0.15, -0.1) is 0 Å². The smallest absolute Gasteiger partial charge is 0.182 e. The van der Waals surface area contributed by atoms with Crippen LogP contribution in [0.4, 0.5) is 5.82 Å². The molecule has 0 aliphatic carbocycles. The Morgan fingerprint density at radius 3 is 3.00 bits per heavy atom. The van der Waals surface area contributed by atoms with E-state index in [1.54, 1.807) is 6.33 Å². The number of imidazole rings is 1.